The third kappa shape index (κ3) is 2.49. The van der Waals surface area contributed by atoms with E-state index >= 15 is 0 Å². The van der Waals surface area contributed by atoms with E-state index in [9.17, 15) is 4.79 Å². The van der Waals surface area contributed by atoms with Gasteiger partial charge in [0.15, 0.2) is 5.13 Å². The molecule has 2 rings (SSSR count). The fourth-order valence-electron chi connectivity index (χ4n) is 2.09. The molecule has 1 amide bonds. The van der Waals surface area contributed by atoms with Crippen molar-refractivity contribution in [3.05, 3.63) is 10.6 Å². The first-order valence-electron chi connectivity index (χ1n) is 6.21. The van der Waals surface area contributed by atoms with Gasteiger partial charge in [-0.2, -0.15) is 0 Å². The molecule has 1 N–H and O–H groups in total. The van der Waals surface area contributed by atoms with E-state index < -0.39 is 0 Å². The van der Waals surface area contributed by atoms with Gasteiger partial charge in [0.05, 0.1) is 24.9 Å². The number of nitrogens with one attached hydrogen (secondary N) is 1. The van der Waals surface area contributed by atoms with Crippen LogP contribution in [0.25, 0.3) is 0 Å². The summed E-state index contributed by atoms with van der Waals surface area (Å²) in [5.74, 6) is 0.0849. The second-order valence-corrected chi connectivity index (χ2v) is 5.32. The smallest absolute Gasteiger partial charge is 0.266 e. The number of rotatable bonds is 3. The number of thiazole rings is 1. The molecule has 5 nitrogen and oxygen atoms in total. The van der Waals surface area contributed by atoms with Crippen molar-refractivity contribution < 1.29 is 9.53 Å². The van der Waals surface area contributed by atoms with Gasteiger partial charge in [0.2, 0.25) is 0 Å². The molecule has 1 aromatic rings. The van der Waals surface area contributed by atoms with Crippen molar-refractivity contribution in [3.8, 4) is 0 Å². The fourth-order valence-corrected chi connectivity index (χ4v) is 2.97. The van der Waals surface area contributed by atoms with E-state index in [1.54, 1.807) is 0 Å². The Morgan fingerprint density at radius 2 is 2.44 bits per heavy atom. The van der Waals surface area contributed by atoms with Crippen LogP contribution in [0, 0.1) is 6.92 Å². The van der Waals surface area contributed by atoms with Gasteiger partial charge in [0.25, 0.3) is 5.91 Å². The second kappa shape index (κ2) is 5.67. The molecule has 0 saturated carbocycles. The number of aromatic nitrogens is 1. The highest BCUT2D eigenvalue weighted by molar-refractivity contribution is 7.17. The van der Waals surface area contributed by atoms with E-state index in [1.807, 2.05) is 18.9 Å². The van der Waals surface area contributed by atoms with E-state index in [-0.39, 0.29) is 11.9 Å². The lowest BCUT2D eigenvalue weighted by Crippen LogP contribution is -2.48. The highest BCUT2D eigenvalue weighted by Crippen LogP contribution is 2.25. The zero-order chi connectivity index (χ0) is 13.1. The molecule has 0 radical (unpaired) electrons. The summed E-state index contributed by atoms with van der Waals surface area (Å²) in [5, 5.41) is 3.77. The van der Waals surface area contributed by atoms with Crippen molar-refractivity contribution in [2.75, 3.05) is 32.1 Å². The Labute approximate surface area is 111 Å². The lowest BCUT2D eigenvalue weighted by molar-refractivity contribution is -0.00258. The maximum absolute atomic E-state index is 12.5. The Kier molecular flexibility index (Phi) is 4.19. The molecule has 18 heavy (non-hydrogen) atoms. The van der Waals surface area contributed by atoms with Crippen molar-refractivity contribution in [3.63, 3.8) is 0 Å². The Hall–Kier alpha value is -1.14. The lowest BCUT2D eigenvalue weighted by Gasteiger charge is -2.34. The molecule has 0 spiro atoms. The van der Waals surface area contributed by atoms with Crippen LogP contribution in [-0.2, 0) is 4.74 Å². The summed E-state index contributed by atoms with van der Waals surface area (Å²) >= 11 is 1.42. The van der Waals surface area contributed by atoms with Gasteiger partial charge in [-0.25, -0.2) is 4.98 Å². The Morgan fingerprint density at radius 1 is 1.67 bits per heavy atom. The van der Waals surface area contributed by atoms with Gasteiger partial charge in [-0.15, -0.1) is 0 Å². The van der Waals surface area contributed by atoms with Gasteiger partial charge in [-0.3, -0.25) is 4.79 Å². The van der Waals surface area contributed by atoms with Gasteiger partial charge in [-0.1, -0.05) is 18.3 Å². The molecule has 2 heterocycles. The van der Waals surface area contributed by atoms with Crippen LogP contribution in [0.5, 0.6) is 0 Å². The van der Waals surface area contributed by atoms with Gasteiger partial charge < -0.3 is 15.0 Å². The summed E-state index contributed by atoms with van der Waals surface area (Å²) in [6, 6.07) is 0.186. The number of anilines is 1. The van der Waals surface area contributed by atoms with Crippen molar-refractivity contribution in [1.82, 2.24) is 9.88 Å². The normalized spacial score (nSPS) is 19.9. The molecule has 1 fully saturated rings. The molecule has 0 aliphatic carbocycles. The van der Waals surface area contributed by atoms with Gasteiger partial charge in [0, 0.05) is 13.6 Å². The standard InChI is InChI=1S/C12H19N3O2S/c1-4-9-7-17-6-5-15(9)11(16)10-8(2)14-12(13-3)18-10/h9H,4-7H2,1-3H3,(H,13,14)/t9-/m0/s1. The Balaban J connectivity index is 2.20. The molecule has 6 heteroatoms. The molecule has 1 aromatic heterocycles. The van der Waals surface area contributed by atoms with Crippen LogP contribution >= 0.6 is 11.3 Å². The third-order valence-corrected chi connectivity index (χ3v) is 4.33. The summed E-state index contributed by atoms with van der Waals surface area (Å²) in [7, 11) is 1.82. The minimum Gasteiger partial charge on any atom is -0.377 e. The number of nitrogens with zero attached hydrogens (tertiary/aromatic N) is 2. The number of aryl methyl sites for hydroxylation is 1. The predicted octanol–water partition coefficient (Wildman–Crippen LogP) is 1.74. The highest BCUT2D eigenvalue weighted by Gasteiger charge is 2.29. The Bertz CT molecular complexity index is 433. The van der Waals surface area contributed by atoms with Gasteiger partial charge in [-0.05, 0) is 13.3 Å². The summed E-state index contributed by atoms with van der Waals surface area (Å²) in [4.78, 5) is 19.5. The average molecular weight is 269 g/mol. The molecule has 0 unspecified atom stereocenters. The third-order valence-electron chi connectivity index (χ3n) is 3.16. The minimum atomic E-state index is 0.0849. The summed E-state index contributed by atoms with van der Waals surface area (Å²) in [6.07, 6.45) is 0.919. The fraction of sp³-hybridized carbons (Fsp3) is 0.667. The number of carbonyl (C=O) groups excluding carboxylic acids is 1. The molecule has 1 saturated heterocycles. The average Bonchev–Trinajstić information content (AvgIpc) is 2.79. The molecule has 100 valence electrons. The van der Waals surface area contributed by atoms with Gasteiger partial charge in [0.1, 0.15) is 4.88 Å². The van der Waals surface area contributed by atoms with E-state index in [2.05, 4.69) is 17.2 Å². The van der Waals surface area contributed by atoms with Crippen LogP contribution in [-0.4, -0.2) is 48.6 Å². The number of amides is 1. The van der Waals surface area contributed by atoms with Gasteiger partial charge >= 0.3 is 0 Å². The largest absolute Gasteiger partial charge is 0.377 e. The van der Waals surface area contributed by atoms with E-state index in [0.29, 0.717) is 19.8 Å². The molecule has 0 aromatic carbocycles. The van der Waals surface area contributed by atoms with Crippen molar-refractivity contribution in [2.45, 2.75) is 26.3 Å². The number of carbonyl (C=O) groups is 1. The van der Waals surface area contributed by atoms with Crippen molar-refractivity contribution >= 4 is 22.4 Å². The van der Waals surface area contributed by atoms with Crippen molar-refractivity contribution in [1.29, 1.82) is 0 Å². The summed E-state index contributed by atoms with van der Waals surface area (Å²) in [6.45, 7) is 5.89. The zero-order valence-electron chi connectivity index (χ0n) is 11.0. The first-order valence-corrected chi connectivity index (χ1v) is 7.03. The summed E-state index contributed by atoms with van der Waals surface area (Å²) in [5.41, 5.74) is 0.802. The zero-order valence-corrected chi connectivity index (χ0v) is 11.8. The maximum Gasteiger partial charge on any atom is 0.266 e. The van der Waals surface area contributed by atoms with E-state index in [4.69, 9.17) is 4.74 Å². The van der Waals surface area contributed by atoms with Crippen LogP contribution < -0.4 is 5.32 Å². The van der Waals surface area contributed by atoms with Crippen LogP contribution in [0.4, 0.5) is 5.13 Å². The molecule has 1 atom stereocenters. The lowest BCUT2D eigenvalue weighted by atomic mass is 10.1. The van der Waals surface area contributed by atoms with Crippen LogP contribution in [0.1, 0.15) is 28.7 Å². The maximum atomic E-state index is 12.5. The molecule has 1 aliphatic heterocycles. The van der Waals surface area contributed by atoms with Crippen LogP contribution in [0.3, 0.4) is 0 Å². The number of hydrogen-bond acceptors (Lipinski definition) is 5. The second-order valence-electron chi connectivity index (χ2n) is 4.32. The minimum absolute atomic E-state index is 0.0849. The predicted molar refractivity (Wildman–Crippen MR) is 72.3 cm³/mol. The molecular weight excluding hydrogens is 250 g/mol. The number of morpholine rings is 1. The quantitative estimate of drug-likeness (QED) is 0.908. The van der Waals surface area contributed by atoms with E-state index in [0.717, 1.165) is 22.1 Å². The summed E-state index contributed by atoms with van der Waals surface area (Å²) < 4.78 is 5.43. The first-order chi connectivity index (χ1) is 8.67. The Morgan fingerprint density at radius 3 is 3.06 bits per heavy atom. The number of hydrogen-bond donors (Lipinski definition) is 1. The molecule has 0 bridgehead atoms. The first kappa shape index (κ1) is 13.3. The monoisotopic (exact) mass is 269 g/mol. The highest BCUT2D eigenvalue weighted by atomic mass is 32.1. The van der Waals surface area contributed by atoms with Crippen LogP contribution in [0.15, 0.2) is 0 Å². The SMILES string of the molecule is CC[C@H]1COCCN1C(=O)c1sc(NC)nc1C. The van der Waals surface area contributed by atoms with E-state index in [1.165, 1.54) is 11.3 Å². The van der Waals surface area contributed by atoms with Crippen LogP contribution in [0.2, 0.25) is 0 Å². The molecular formula is C12H19N3O2S. The number of ether oxygens (including phenoxy) is 1. The van der Waals surface area contributed by atoms with Crippen molar-refractivity contribution in [2.24, 2.45) is 0 Å². The topological polar surface area (TPSA) is 54.5 Å². The molecule has 1 aliphatic rings.